The van der Waals surface area contributed by atoms with E-state index in [0.29, 0.717) is 11.5 Å². The molecule has 0 atom stereocenters. The lowest BCUT2D eigenvalue weighted by Gasteiger charge is -2.55. The summed E-state index contributed by atoms with van der Waals surface area (Å²) >= 11 is 0. The number of nitrogens with zero attached hydrogens (tertiary/aromatic N) is 2. The second-order valence-corrected chi connectivity index (χ2v) is 10.6. The molecule has 6 rings (SSSR count). The molecule has 2 aliphatic heterocycles. The van der Waals surface area contributed by atoms with Gasteiger partial charge in [-0.25, -0.2) is 4.98 Å². The van der Waals surface area contributed by atoms with Gasteiger partial charge < -0.3 is 19.1 Å². The van der Waals surface area contributed by atoms with E-state index in [2.05, 4.69) is 60.1 Å². The summed E-state index contributed by atoms with van der Waals surface area (Å²) in [5, 5.41) is 0. The number of hydrogen-bond acceptors (Lipinski definition) is 5. The molecular weight excluding hydrogens is 424 g/mol. The van der Waals surface area contributed by atoms with Crippen LogP contribution in [0.3, 0.4) is 0 Å². The van der Waals surface area contributed by atoms with Crippen molar-refractivity contribution >= 4 is 5.82 Å². The van der Waals surface area contributed by atoms with Gasteiger partial charge in [0.2, 0.25) is 0 Å². The Morgan fingerprint density at radius 3 is 1.97 bits per heavy atom. The maximum atomic E-state index is 6.06. The molecule has 2 saturated heterocycles. The van der Waals surface area contributed by atoms with Crippen LogP contribution in [0.5, 0.6) is 17.2 Å². The number of aromatic nitrogens is 1. The fourth-order valence-electron chi connectivity index (χ4n) is 4.99. The molecule has 2 aromatic carbocycles. The van der Waals surface area contributed by atoms with Crippen molar-refractivity contribution in [1.29, 1.82) is 0 Å². The smallest absolute Gasteiger partial charge is 0.145 e. The normalized spacial score (nSPS) is 19.2. The summed E-state index contributed by atoms with van der Waals surface area (Å²) in [7, 11) is 0. The van der Waals surface area contributed by atoms with Crippen molar-refractivity contribution in [1.82, 2.24) is 4.98 Å². The second kappa shape index (κ2) is 8.31. The number of pyridine rings is 1. The maximum absolute atomic E-state index is 6.06. The fraction of sp³-hybridized carbons (Fsp3) is 0.414. The molecule has 1 aromatic heterocycles. The van der Waals surface area contributed by atoms with Crippen LogP contribution in [0.4, 0.5) is 5.82 Å². The van der Waals surface area contributed by atoms with E-state index >= 15 is 0 Å². The van der Waals surface area contributed by atoms with E-state index in [1.165, 1.54) is 30.4 Å². The third-order valence-corrected chi connectivity index (χ3v) is 7.66. The molecule has 3 aliphatic rings. The van der Waals surface area contributed by atoms with E-state index in [0.717, 1.165) is 49.4 Å². The monoisotopic (exact) mass is 456 g/mol. The summed E-state index contributed by atoms with van der Waals surface area (Å²) in [4.78, 5) is 6.90. The van der Waals surface area contributed by atoms with Crippen molar-refractivity contribution in [2.45, 2.75) is 44.6 Å². The first-order valence-electron chi connectivity index (χ1n) is 12.3. The molecule has 3 fully saturated rings. The van der Waals surface area contributed by atoms with E-state index in [4.69, 9.17) is 14.2 Å². The molecule has 0 unspecified atom stereocenters. The topological polar surface area (TPSA) is 43.8 Å². The third kappa shape index (κ3) is 4.03. The molecule has 1 saturated carbocycles. The molecule has 0 amide bonds. The van der Waals surface area contributed by atoms with Crippen molar-refractivity contribution in [3.05, 3.63) is 78.0 Å². The minimum absolute atomic E-state index is 0.114. The minimum Gasteiger partial charge on any atom is -0.490 e. The molecule has 3 aromatic rings. The summed E-state index contributed by atoms with van der Waals surface area (Å²) in [5.41, 5.74) is 2.78. The van der Waals surface area contributed by atoms with Crippen molar-refractivity contribution in [3.63, 3.8) is 0 Å². The zero-order chi connectivity index (χ0) is 23.2. The number of hydrogen-bond donors (Lipinski definition) is 0. The van der Waals surface area contributed by atoms with Gasteiger partial charge in [-0.15, -0.1) is 0 Å². The first-order valence-corrected chi connectivity index (χ1v) is 12.3. The number of anilines is 1. The predicted molar refractivity (Wildman–Crippen MR) is 133 cm³/mol. The van der Waals surface area contributed by atoms with Crippen LogP contribution in [-0.4, -0.2) is 37.4 Å². The molecule has 0 radical (unpaired) electrons. The van der Waals surface area contributed by atoms with Crippen molar-refractivity contribution < 1.29 is 14.2 Å². The minimum atomic E-state index is -0.114. The van der Waals surface area contributed by atoms with E-state index in [-0.39, 0.29) is 5.41 Å². The van der Waals surface area contributed by atoms with Gasteiger partial charge >= 0.3 is 0 Å². The Bertz CT molecular complexity index is 1120. The van der Waals surface area contributed by atoms with Crippen LogP contribution in [0, 0.1) is 5.41 Å². The largest absolute Gasteiger partial charge is 0.490 e. The SMILES string of the molecule is CC(C)(c1ccc(Oc2ccc(N3CC4(COC4)C3)nc2)cc1)c1ccc(OC2CCC2)cc1. The van der Waals surface area contributed by atoms with Gasteiger partial charge in [-0.05, 0) is 66.8 Å². The van der Waals surface area contributed by atoms with E-state index in [9.17, 15) is 0 Å². The number of rotatable bonds is 7. The highest BCUT2D eigenvalue weighted by Gasteiger charge is 2.49. The average molecular weight is 457 g/mol. The highest BCUT2D eigenvalue weighted by atomic mass is 16.5. The predicted octanol–water partition coefficient (Wildman–Crippen LogP) is 5.97. The first kappa shape index (κ1) is 21.5. The summed E-state index contributed by atoms with van der Waals surface area (Å²) in [6.07, 6.45) is 5.85. The lowest BCUT2D eigenvalue weighted by Crippen LogP contribution is -2.66. The Morgan fingerprint density at radius 2 is 1.47 bits per heavy atom. The summed E-state index contributed by atoms with van der Waals surface area (Å²) in [6.45, 7) is 8.35. The molecule has 34 heavy (non-hydrogen) atoms. The van der Waals surface area contributed by atoms with Crippen LogP contribution in [0.25, 0.3) is 0 Å². The van der Waals surface area contributed by atoms with Crippen molar-refractivity contribution in [3.8, 4) is 17.2 Å². The summed E-state index contributed by atoms with van der Waals surface area (Å²) in [6, 6.07) is 21.0. The van der Waals surface area contributed by atoms with Crippen LogP contribution >= 0.6 is 0 Å². The van der Waals surface area contributed by atoms with Crippen LogP contribution in [0.1, 0.15) is 44.2 Å². The number of ether oxygens (including phenoxy) is 3. The van der Waals surface area contributed by atoms with Gasteiger partial charge in [0, 0.05) is 18.5 Å². The Labute approximate surface area is 201 Å². The van der Waals surface area contributed by atoms with Crippen LogP contribution in [0.15, 0.2) is 66.9 Å². The van der Waals surface area contributed by atoms with E-state index < -0.39 is 0 Å². The Hall–Kier alpha value is -3.05. The second-order valence-electron chi connectivity index (χ2n) is 10.6. The zero-order valence-corrected chi connectivity index (χ0v) is 20.0. The average Bonchev–Trinajstić information content (AvgIpc) is 2.76. The Morgan fingerprint density at radius 1 is 0.853 bits per heavy atom. The molecule has 3 heterocycles. The zero-order valence-electron chi connectivity index (χ0n) is 20.0. The molecule has 1 spiro atoms. The quantitative estimate of drug-likeness (QED) is 0.438. The Balaban J connectivity index is 1.08. The maximum Gasteiger partial charge on any atom is 0.145 e. The van der Waals surface area contributed by atoms with Gasteiger partial charge in [0.15, 0.2) is 0 Å². The molecule has 5 nitrogen and oxygen atoms in total. The van der Waals surface area contributed by atoms with Crippen LogP contribution < -0.4 is 14.4 Å². The van der Waals surface area contributed by atoms with Gasteiger partial charge in [0.25, 0.3) is 0 Å². The lowest BCUT2D eigenvalue weighted by molar-refractivity contribution is -0.127. The lowest BCUT2D eigenvalue weighted by atomic mass is 9.78. The van der Waals surface area contributed by atoms with Crippen LogP contribution in [-0.2, 0) is 10.2 Å². The first-order chi connectivity index (χ1) is 16.5. The van der Waals surface area contributed by atoms with E-state index in [1.54, 1.807) is 0 Å². The van der Waals surface area contributed by atoms with Gasteiger partial charge in [-0.1, -0.05) is 38.1 Å². The number of benzene rings is 2. The Kier molecular flexibility index (Phi) is 5.25. The molecular formula is C29H32N2O3. The van der Waals surface area contributed by atoms with Gasteiger partial charge in [-0.2, -0.15) is 0 Å². The van der Waals surface area contributed by atoms with Gasteiger partial charge in [0.1, 0.15) is 23.1 Å². The van der Waals surface area contributed by atoms with Crippen molar-refractivity contribution in [2.24, 2.45) is 5.41 Å². The third-order valence-electron chi connectivity index (χ3n) is 7.66. The molecule has 1 aliphatic carbocycles. The fourth-order valence-corrected chi connectivity index (χ4v) is 4.99. The van der Waals surface area contributed by atoms with E-state index in [1.807, 2.05) is 30.5 Å². The summed E-state index contributed by atoms with van der Waals surface area (Å²) < 4.78 is 17.4. The van der Waals surface area contributed by atoms with Crippen molar-refractivity contribution in [2.75, 3.05) is 31.2 Å². The van der Waals surface area contributed by atoms with Gasteiger partial charge in [0.05, 0.1) is 30.9 Å². The highest BCUT2D eigenvalue weighted by molar-refractivity contribution is 5.47. The molecule has 0 bridgehead atoms. The standard InChI is InChI=1S/C29H32N2O3/c1-28(2,21-6-10-24(11-7-21)33-23-4-3-5-23)22-8-12-25(13-9-22)34-26-14-15-27(30-16-26)31-17-29(18-31)19-32-20-29/h6-16,23H,3-5,17-20H2,1-2H3. The molecule has 5 heteroatoms. The molecule has 0 N–H and O–H groups in total. The molecule has 176 valence electrons. The highest BCUT2D eigenvalue weighted by Crippen LogP contribution is 2.40. The summed E-state index contributed by atoms with van der Waals surface area (Å²) in [5.74, 6) is 3.54. The van der Waals surface area contributed by atoms with Crippen LogP contribution in [0.2, 0.25) is 0 Å². The van der Waals surface area contributed by atoms with Gasteiger partial charge in [-0.3, -0.25) is 0 Å².